The van der Waals surface area contributed by atoms with Crippen LogP contribution >= 0.6 is 0 Å². The van der Waals surface area contributed by atoms with Crippen LogP contribution in [0.25, 0.3) is 0 Å². The molecule has 0 fully saturated rings. The molecule has 0 atom stereocenters. The van der Waals surface area contributed by atoms with Crippen molar-refractivity contribution < 1.29 is 21.7 Å². The summed E-state index contributed by atoms with van der Waals surface area (Å²) in [6.45, 7) is 2.53. The van der Waals surface area contributed by atoms with Crippen molar-refractivity contribution in [3.8, 4) is 5.75 Å². The molecular weight excluding hydrogens is 271 g/mol. The molecule has 0 N–H and O–H groups in total. The number of ether oxygens (including phenoxy) is 1. The second-order valence-electron chi connectivity index (χ2n) is 4.14. The van der Waals surface area contributed by atoms with Gasteiger partial charge in [0.1, 0.15) is 5.75 Å². The molecular formula is C13H19FO4S. The Morgan fingerprint density at radius 1 is 1.32 bits per heavy atom. The molecule has 0 spiro atoms. The number of alkyl halides is 1. The number of halogens is 1. The van der Waals surface area contributed by atoms with Crippen LogP contribution in [-0.4, -0.2) is 28.1 Å². The van der Waals surface area contributed by atoms with Gasteiger partial charge in [-0.1, -0.05) is 19.1 Å². The van der Waals surface area contributed by atoms with E-state index in [1.807, 2.05) is 19.1 Å². The van der Waals surface area contributed by atoms with Crippen molar-refractivity contribution in [3.05, 3.63) is 29.3 Å². The third-order valence-electron chi connectivity index (χ3n) is 2.68. The van der Waals surface area contributed by atoms with E-state index in [1.165, 1.54) is 0 Å². The molecule has 1 aromatic rings. The molecule has 0 unspecified atom stereocenters. The molecule has 19 heavy (non-hydrogen) atoms. The molecule has 6 heteroatoms. The molecule has 0 radical (unpaired) electrons. The summed E-state index contributed by atoms with van der Waals surface area (Å²) in [5.74, 6) is 0.216. The predicted octanol–water partition coefficient (Wildman–Crippen LogP) is 2.46. The Kier molecular flexibility index (Phi) is 6.24. The largest absolute Gasteiger partial charge is 0.385 e. The molecule has 0 aromatic heterocycles. The lowest BCUT2D eigenvalue weighted by Crippen LogP contribution is -2.12. The van der Waals surface area contributed by atoms with E-state index in [0.29, 0.717) is 13.0 Å². The van der Waals surface area contributed by atoms with Gasteiger partial charge in [0.15, 0.2) is 0 Å². The average Bonchev–Trinajstić information content (AvgIpc) is 2.40. The Labute approximate surface area is 113 Å². The summed E-state index contributed by atoms with van der Waals surface area (Å²) in [7, 11) is -2.55. The van der Waals surface area contributed by atoms with E-state index in [1.54, 1.807) is 13.2 Å². The molecule has 0 bridgehead atoms. The second kappa shape index (κ2) is 7.45. The van der Waals surface area contributed by atoms with Gasteiger partial charge in [0.25, 0.3) is 0 Å². The highest BCUT2D eigenvalue weighted by molar-refractivity contribution is 7.86. The summed E-state index contributed by atoms with van der Waals surface area (Å²) < 4.78 is 44.6. The van der Waals surface area contributed by atoms with Gasteiger partial charge in [-0.2, -0.15) is 8.42 Å². The first-order valence-electron chi connectivity index (χ1n) is 6.11. The van der Waals surface area contributed by atoms with Crippen LogP contribution in [0.1, 0.15) is 24.5 Å². The van der Waals surface area contributed by atoms with Crippen LogP contribution in [0.2, 0.25) is 0 Å². The first kappa shape index (κ1) is 15.9. The predicted molar refractivity (Wildman–Crippen MR) is 71.5 cm³/mol. The number of hydrogen-bond acceptors (Lipinski definition) is 4. The Balaban J connectivity index is 2.95. The zero-order valence-electron chi connectivity index (χ0n) is 11.2. The van der Waals surface area contributed by atoms with E-state index < -0.39 is 16.1 Å². The monoisotopic (exact) mass is 290 g/mol. The number of rotatable bonds is 8. The maximum atomic E-state index is 12.3. The van der Waals surface area contributed by atoms with Gasteiger partial charge in [0, 0.05) is 13.7 Å². The summed E-state index contributed by atoms with van der Waals surface area (Å²) in [5, 5.41) is 0. The smallest absolute Gasteiger partial charge is 0.339 e. The van der Waals surface area contributed by atoms with Crippen LogP contribution in [0.3, 0.4) is 0 Å². The molecule has 0 aliphatic rings. The van der Waals surface area contributed by atoms with Crippen LogP contribution in [0, 0.1) is 0 Å². The van der Waals surface area contributed by atoms with Crippen molar-refractivity contribution in [3.63, 3.8) is 0 Å². The molecule has 0 saturated carbocycles. The average molecular weight is 290 g/mol. The van der Waals surface area contributed by atoms with Gasteiger partial charge < -0.3 is 8.92 Å². The third kappa shape index (κ3) is 5.16. The maximum absolute atomic E-state index is 12.3. The summed E-state index contributed by atoms with van der Waals surface area (Å²) in [6.07, 6.45) is 2.12. The van der Waals surface area contributed by atoms with Crippen LogP contribution < -0.4 is 4.18 Å². The van der Waals surface area contributed by atoms with E-state index >= 15 is 0 Å². The lowest BCUT2D eigenvalue weighted by molar-refractivity contribution is 0.195. The van der Waals surface area contributed by atoms with Crippen LogP contribution in [0.4, 0.5) is 4.39 Å². The highest BCUT2D eigenvalue weighted by Gasteiger charge is 2.15. The topological polar surface area (TPSA) is 52.6 Å². The number of benzene rings is 1. The fourth-order valence-corrected chi connectivity index (χ4v) is 2.14. The van der Waals surface area contributed by atoms with E-state index in [4.69, 9.17) is 8.92 Å². The van der Waals surface area contributed by atoms with Crippen LogP contribution in [0.15, 0.2) is 18.2 Å². The maximum Gasteiger partial charge on any atom is 0.339 e. The van der Waals surface area contributed by atoms with E-state index in [2.05, 4.69) is 0 Å². The molecule has 1 aromatic carbocycles. The first-order chi connectivity index (χ1) is 9.02. The lowest BCUT2D eigenvalue weighted by atomic mass is 10.0. The van der Waals surface area contributed by atoms with Gasteiger partial charge in [-0.15, -0.1) is 0 Å². The highest BCUT2D eigenvalue weighted by Crippen LogP contribution is 2.24. The van der Waals surface area contributed by atoms with Crippen molar-refractivity contribution in [1.82, 2.24) is 0 Å². The van der Waals surface area contributed by atoms with Gasteiger partial charge in [-0.3, -0.25) is 0 Å². The number of aryl methyl sites for hydroxylation is 2. The van der Waals surface area contributed by atoms with Crippen molar-refractivity contribution in [2.45, 2.75) is 26.2 Å². The van der Waals surface area contributed by atoms with Crippen LogP contribution in [-0.2, 0) is 27.7 Å². The Morgan fingerprint density at radius 2 is 2.05 bits per heavy atom. The Bertz CT molecular complexity index is 499. The zero-order chi connectivity index (χ0) is 14.3. The fourth-order valence-electron chi connectivity index (χ4n) is 1.67. The summed E-state index contributed by atoms with van der Waals surface area (Å²) in [4.78, 5) is 0. The van der Waals surface area contributed by atoms with E-state index in [9.17, 15) is 12.8 Å². The summed E-state index contributed by atoms with van der Waals surface area (Å²) in [6, 6.07) is 3.85. The van der Waals surface area contributed by atoms with E-state index in [0.717, 1.165) is 24.0 Å². The van der Waals surface area contributed by atoms with Crippen molar-refractivity contribution in [2.24, 2.45) is 0 Å². The van der Waals surface area contributed by atoms with Gasteiger partial charge in [0.05, 0.1) is 0 Å². The van der Waals surface area contributed by atoms with E-state index in [-0.39, 0.29) is 5.75 Å². The van der Waals surface area contributed by atoms with Crippen LogP contribution in [0.5, 0.6) is 5.75 Å². The third-order valence-corrected chi connectivity index (χ3v) is 3.39. The molecule has 0 saturated heterocycles. The normalized spacial score (nSPS) is 11.5. The van der Waals surface area contributed by atoms with Gasteiger partial charge in [-0.25, -0.2) is 4.39 Å². The van der Waals surface area contributed by atoms with Gasteiger partial charge in [-0.05, 0) is 36.5 Å². The first-order valence-corrected chi connectivity index (χ1v) is 7.69. The number of hydrogen-bond donors (Lipinski definition) is 0. The Morgan fingerprint density at radius 3 is 2.63 bits per heavy atom. The lowest BCUT2D eigenvalue weighted by Gasteiger charge is -2.11. The Hall–Kier alpha value is -1.14. The standard InChI is InChI=1S/C13H19FO4S/c1-3-11-6-7-12(5-4-8-17-2)13(9-11)18-19(15,16)10-14/h6-7,9H,3-5,8,10H2,1-2H3. The minimum Gasteiger partial charge on any atom is -0.385 e. The quantitative estimate of drug-likeness (QED) is 0.545. The van der Waals surface area contributed by atoms with Crippen molar-refractivity contribution in [1.29, 1.82) is 0 Å². The molecule has 0 amide bonds. The van der Waals surface area contributed by atoms with Gasteiger partial charge in [0.2, 0.25) is 6.01 Å². The van der Waals surface area contributed by atoms with Crippen molar-refractivity contribution in [2.75, 3.05) is 19.7 Å². The minimum atomic E-state index is -4.15. The molecule has 108 valence electrons. The summed E-state index contributed by atoms with van der Waals surface area (Å²) >= 11 is 0. The van der Waals surface area contributed by atoms with Gasteiger partial charge >= 0.3 is 10.1 Å². The highest BCUT2D eigenvalue weighted by atomic mass is 32.2. The summed E-state index contributed by atoms with van der Waals surface area (Å²) in [5.41, 5.74) is 1.69. The molecule has 0 heterocycles. The molecule has 1 rings (SSSR count). The van der Waals surface area contributed by atoms with Crippen molar-refractivity contribution >= 4 is 10.1 Å². The molecule has 0 aliphatic heterocycles. The SMILES string of the molecule is CCc1ccc(CCCOC)c(OS(=O)(=O)CF)c1. The second-order valence-corrected chi connectivity index (χ2v) is 5.64. The minimum absolute atomic E-state index is 0.216. The zero-order valence-corrected chi connectivity index (χ0v) is 12.0. The molecule has 0 aliphatic carbocycles. The number of methoxy groups -OCH3 is 1. The molecule has 4 nitrogen and oxygen atoms in total. The fraction of sp³-hybridized carbons (Fsp3) is 0.538.